The van der Waals surface area contributed by atoms with E-state index in [9.17, 15) is 8.42 Å². The molecule has 96 valence electrons. The third kappa shape index (κ3) is 2.92. The lowest BCUT2D eigenvalue weighted by molar-refractivity contribution is 0.484. The molecule has 0 N–H and O–H groups in total. The molecule has 5 heteroatoms. The molecule has 0 aliphatic carbocycles. The lowest BCUT2D eigenvalue weighted by Gasteiger charge is -2.08. The lowest BCUT2D eigenvalue weighted by Crippen LogP contribution is -2.10. The number of hydrogen-bond acceptors (Lipinski definition) is 4. The van der Waals surface area contributed by atoms with E-state index in [1.54, 1.807) is 31.2 Å². The van der Waals surface area contributed by atoms with Crippen molar-refractivity contribution in [1.82, 2.24) is 0 Å². The summed E-state index contributed by atoms with van der Waals surface area (Å²) in [5.74, 6) is 0.298. The predicted molar refractivity (Wildman–Crippen MR) is 70.1 cm³/mol. The summed E-state index contributed by atoms with van der Waals surface area (Å²) in [6.45, 7) is 1.77. The monoisotopic (exact) mass is 273 g/mol. The highest BCUT2D eigenvalue weighted by Crippen LogP contribution is 2.22. The van der Waals surface area contributed by atoms with Gasteiger partial charge in [-0.15, -0.1) is 0 Å². The van der Waals surface area contributed by atoms with Crippen molar-refractivity contribution in [3.63, 3.8) is 0 Å². The van der Waals surface area contributed by atoms with Crippen LogP contribution in [0.5, 0.6) is 5.75 Å². The summed E-state index contributed by atoms with van der Waals surface area (Å²) < 4.78 is 29.2. The Morgan fingerprint density at radius 3 is 2.26 bits per heavy atom. The molecule has 2 aromatic rings. The summed E-state index contributed by atoms with van der Waals surface area (Å²) in [7, 11) is -3.87. The van der Waals surface area contributed by atoms with Crippen molar-refractivity contribution in [2.75, 3.05) is 0 Å². The minimum absolute atomic E-state index is 0.0229. The lowest BCUT2D eigenvalue weighted by atomic mass is 10.2. The molecule has 0 saturated carbocycles. The van der Waals surface area contributed by atoms with Crippen LogP contribution in [-0.2, 0) is 10.1 Å². The van der Waals surface area contributed by atoms with Crippen LogP contribution in [-0.4, -0.2) is 8.42 Å². The molecule has 0 fully saturated rings. The molecule has 0 aromatic heterocycles. The van der Waals surface area contributed by atoms with Crippen molar-refractivity contribution in [3.05, 3.63) is 59.7 Å². The second-order valence-electron chi connectivity index (χ2n) is 3.94. The molecular formula is C14H11NO3S. The second kappa shape index (κ2) is 5.12. The van der Waals surface area contributed by atoms with Gasteiger partial charge in [-0.1, -0.05) is 18.2 Å². The molecule has 0 heterocycles. The van der Waals surface area contributed by atoms with Crippen molar-refractivity contribution in [1.29, 1.82) is 5.26 Å². The number of nitriles is 1. The quantitative estimate of drug-likeness (QED) is 0.806. The van der Waals surface area contributed by atoms with Gasteiger partial charge in [0.25, 0.3) is 0 Å². The van der Waals surface area contributed by atoms with Crippen LogP contribution in [0.4, 0.5) is 0 Å². The van der Waals surface area contributed by atoms with Gasteiger partial charge in [0.1, 0.15) is 10.6 Å². The van der Waals surface area contributed by atoms with Crippen LogP contribution in [0.15, 0.2) is 53.4 Å². The summed E-state index contributed by atoms with van der Waals surface area (Å²) in [6.07, 6.45) is 0. The third-order valence-corrected chi connectivity index (χ3v) is 3.81. The van der Waals surface area contributed by atoms with Crippen molar-refractivity contribution in [3.8, 4) is 11.8 Å². The number of nitrogens with zero attached hydrogens (tertiary/aromatic N) is 1. The fourth-order valence-corrected chi connectivity index (χ4v) is 2.50. The molecule has 0 aliphatic rings. The summed E-state index contributed by atoms with van der Waals surface area (Å²) in [5.41, 5.74) is 1.13. The maximum Gasteiger partial charge on any atom is 0.339 e. The van der Waals surface area contributed by atoms with E-state index in [2.05, 4.69) is 0 Å². The van der Waals surface area contributed by atoms with Gasteiger partial charge in [0, 0.05) is 0 Å². The highest BCUT2D eigenvalue weighted by atomic mass is 32.2. The standard InChI is InChI=1S/C14H11NO3S/c1-11-4-2-3-5-14(11)18-19(16,17)13-8-6-12(10-15)7-9-13/h2-9H,1H3. The van der Waals surface area contributed by atoms with Gasteiger partial charge in [-0.25, -0.2) is 0 Å². The van der Waals surface area contributed by atoms with Crippen LogP contribution in [0.2, 0.25) is 0 Å². The molecule has 0 radical (unpaired) electrons. The summed E-state index contributed by atoms with van der Waals surface area (Å²) in [5, 5.41) is 8.67. The zero-order chi connectivity index (χ0) is 13.9. The Hall–Kier alpha value is -2.32. The summed E-state index contributed by atoms with van der Waals surface area (Å²) >= 11 is 0. The third-order valence-electron chi connectivity index (χ3n) is 2.57. The van der Waals surface area contributed by atoms with E-state index in [1.807, 2.05) is 6.07 Å². The van der Waals surface area contributed by atoms with Gasteiger partial charge in [0.05, 0.1) is 11.6 Å². The van der Waals surface area contributed by atoms with E-state index in [-0.39, 0.29) is 4.90 Å². The van der Waals surface area contributed by atoms with E-state index in [0.717, 1.165) is 5.56 Å². The van der Waals surface area contributed by atoms with Crippen molar-refractivity contribution >= 4 is 10.1 Å². The van der Waals surface area contributed by atoms with Gasteiger partial charge < -0.3 is 4.18 Å². The first-order valence-electron chi connectivity index (χ1n) is 5.53. The first kappa shape index (κ1) is 13.1. The molecule has 0 unspecified atom stereocenters. The second-order valence-corrected chi connectivity index (χ2v) is 5.49. The molecule has 0 amide bonds. The van der Waals surface area contributed by atoms with Crippen LogP contribution in [0.3, 0.4) is 0 Å². The van der Waals surface area contributed by atoms with Gasteiger partial charge in [-0.05, 0) is 42.8 Å². The fraction of sp³-hybridized carbons (Fsp3) is 0.0714. The highest BCUT2D eigenvalue weighted by Gasteiger charge is 2.17. The highest BCUT2D eigenvalue weighted by molar-refractivity contribution is 7.87. The number of hydrogen-bond donors (Lipinski definition) is 0. The van der Waals surface area contributed by atoms with Crippen molar-refractivity contribution < 1.29 is 12.6 Å². The molecule has 0 atom stereocenters. The SMILES string of the molecule is Cc1ccccc1OS(=O)(=O)c1ccc(C#N)cc1. The smallest absolute Gasteiger partial charge is 0.339 e. The number of benzene rings is 2. The zero-order valence-corrected chi connectivity index (χ0v) is 11.0. The Labute approximate surface area is 112 Å². The molecule has 0 bridgehead atoms. The van der Waals surface area contributed by atoms with Crippen LogP contribution in [0.1, 0.15) is 11.1 Å². The fourth-order valence-electron chi connectivity index (χ4n) is 1.51. The van der Waals surface area contributed by atoms with Gasteiger partial charge in [0.2, 0.25) is 0 Å². The minimum atomic E-state index is -3.87. The Kier molecular flexibility index (Phi) is 3.54. The number of rotatable bonds is 3. The Balaban J connectivity index is 2.33. The van der Waals surface area contributed by atoms with Crippen molar-refractivity contribution in [2.45, 2.75) is 11.8 Å². The zero-order valence-electron chi connectivity index (χ0n) is 10.2. The summed E-state index contributed by atoms with van der Waals surface area (Å²) in [6, 6.07) is 14.4. The van der Waals surface area contributed by atoms with Gasteiger partial charge in [0.15, 0.2) is 0 Å². The number of aryl methyl sites for hydroxylation is 1. The molecule has 19 heavy (non-hydrogen) atoms. The van der Waals surface area contributed by atoms with E-state index < -0.39 is 10.1 Å². The molecule has 2 rings (SSSR count). The molecule has 2 aromatic carbocycles. The topological polar surface area (TPSA) is 67.2 Å². The van der Waals surface area contributed by atoms with Gasteiger partial charge in [-0.3, -0.25) is 0 Å². The van der Waals surface area contributed by atoms with E-state index in [0.29, 0.717) is 11.3 Å². The molecule has 4 nitrogen and oxygen atoms in total. The molecular weight excluding hydrogens is 262 g/mol. The molecule has 0 aliphatic heterocycles. The molecule has 0 saturated heterocycles. The van der Waals surface area contributed by atoms with Crippen LogP contribution < -0.4 is 4.18 Å². The Bertz CT molecular complexity index is 728. The average molecular weight is 273 g/mol. The first-order chi connectivity index (χ1) is 9.03. The Morgan fingerprint density at radius 2 is 1.68 bits per heavy atom. The minimum Gasteiger partial charge on any atom is -0.379 e. The Morgan fingerprint density at radius 1 is 1.05 bits per heavy atom. The molecule has 0 spiro atoms. The van der Waals surface area contributed by atoms with Crippen LogP contribution in [0.25, 0.3) is 0 Å². The summed E-state index contributed by atoms with van der Waals surface area (Å²) in [4.78, 5) is 0.0229. The van der Waals surface area contributed by atoms with Gasteiger partial charge >= 0.3 is 10.1 Å². The largest absolute Gasteiger partial charge is 0.379 e. The van der Waals surface area contributed by atoms with E-state index in [4.69, 9.17) is 9.44 Å². The number of para-hydroxylation sites is 1. The first-order valence-corrected chi connectivity index (χ1v) is 6.94. The normalized spacial score (nSPS) is 10.7. The van der Waals surface area contributed by atoms with E-state index >= 15 is 0 Å². The van der Waals surface area contributed by atoms with Crippen LogP contribution >= 0.6 is 0 Å². The average Bonchev–Trinajstić information content (AvgIpc) is 2.41. The van der Waals surface area contributed by atoms with Crippen molar-refractivity contribution in [2.24, 2.45) is 0 Å². The van der Waals surface area contributed by atoms with Gasteiger partial charge in [-0.2, -0.15) is 13.7 Å². The van der Waals surface area contributed by atoms with Crippen LogP contribution in [0, 0.1) is 18.3 Å². The van der Waals surface area contributed by atoms with E-state index in [1.165, 1.54) is 24.3 Å². The maximum atomic E-state index is 12.0. The maximum absolute atomic E-state index is 12.0. The predicted octanol–water partition coefficient (Wildman–Crippen LogP) is 2.63.